The molecular formula is C29H37N7O7S. The zero-order valence-corrected chi connectivity index (χ0v) is 26.0. The van der Waals surface area contributed by atoms with Crippen molar-refractivity contribution in [2.75, 3.05) is 11.6 Å². The quantitative estimate of drug-likeness (QED) is 0.234. The number of anilines is 1. The number of nitriles is 1. The average molecular weight is 628 g/mol. The number of nitrogens with two attached hydrogens (primary N) is 1. The lowest BCUT2D eigenvalue weighted by atomic mass is 9.93. The van der Waals surface area contributed by atoms with E-state index < -0.39 is 27.6 Å². The molecule has 2 saturated carbocycles. The molecule has 0 saturated heterocycles. The molecule has 0 aliphatic heterocycles. The maximum Gasteiger partial charge on any atom is 0.337 e. The van der Waals surface area contributed by atoms with Gasteiger partial charge in [0.2, 0.25) is 22.5 Å². The summed E-state index contributed by atoms with van der Waals surface area (Å²) in [6.45, 7) is 5.13. The summed E-state index contributed by atoms with van der Waals surface area (Å²) in [6.07, 6.45) is 9.70. The number of aromatic amines is 2. The molecule has 2 aliphatic carbocycles. The first-order chi connectivity index (χ1) is 21.0. The highest BCUT2D eigenvalue weighted by atomic mass is 32.2. The van der Waals surface area contributed by atoms with Gasteiger partial charge in [0, 0.05) is 37.4 Å². The van der Waals surface area contributed by atoms with Gasteiger partial charge in [-0.3, -0.25) is 23.8 Å². The zero-order chi connectivity index (χ0) is 32.4. The van der Waals surface area contributed by atoms with Crippen molar-refractivity contribution >= 4 is 38.9 Å². The third-order valence-corrected chi connectivity index (χ3v) is 7.74. The number of H-pyrrole nitrogens is 2. The molecule has 1 atom stereocenters. The van der Waals surface area contributed by atoms with Crippen LogP contribution in [0.25, 0.3) is 22.2 Å². The van der Waals surface area contributed by atoms with Crippen molar-refractivity contribution in [2.45, 2.75) is 89.4 Å². The molecule has 0 radical (unpaired) electrons. The Balaban J connectivity index is 0.000000194. The normalized spacial score (nSPS) is 14.7. The molecule has 0 bridgehead atoms. The summed E-state index contributed by atoms with van der Waals surface area (Å²) in [5.41, 5.74) is 4.89. The Morgan fingerprint density at radius 1 is 0.932 bits per heavy atom. The van der Waals surface area contributed by atoms with Gasteiger partial charge in [0.15, 0.2) is 0 Å². The van der Waals surface area contributed by atoms with Crippen molar-refractivity contribution in [3.8, 4) is 6.07 Å². The highest BCUT2D eigenvalue weighted by Crippen LogP contribution is 2.22. The molecule has 4 aromatic heterocycles. The fourth-order valence-corrected chi connectivity index (χ4v) is 4.67. The van der Waals surface area contributed by atoms with Gasteiger partial charge in [-0.05, 0) is 56.1 Å². The van der Waals surface area contributed by atoms with Crippen LogP contribution in [-0.2, 0) is 23.6 Å². The fourth-order valence-electron chi connectivity index (χ4n) is 4.23. The van der Waals surface area contributed by atoms with Gasteiger partial charge in [0.05, 0.1) is 16.9 Å². The maximum atomic E-state index is 12.1. The summed E-state index contributed by atoms with van der Waals surface area (Å²) >= 11 is 0. The third kappa shape index (κ3) is 8.80. The van der Waals surface area contributed by atoms with Gasteiger partial charge in [-0.25, -0.2) is 9.59 Å². The number of hydrogen-bond donors (Lipinski definition) is 4. The van der Waals surface area contributed by atoms with Gasteiger partial charge in [0.25, 0.3) is 11.1 Å². The van der Waals surface area contributed by atoms with Crippen LogP contribution in [-0.4, -0.2) is 42.5 Å². The van der Waals surface area contributed by atoms with Gasteiger partial charge in [-0.1, -0.05) is 20.3 Å². The molecule has 0 spiro atoms. The summed E-state index contributed by atoms with van der Waals surface area (Å²) in [5, 5.41) is 11.1. The predicted octanol–water partition coefficient (Wildman–Crippen LogP) is 2.61. The summed E-state index contributed by atoms with van der Waals surface area (Å²) in [4.78, 5) is 59.8. The molecule has 2 fully saturated rings. The molecule has 0 amide bonds. The Bertz CT molecular complexity index is 1900. The van der Waals surface area contributed by atoms with Crippen molar-refractivity contribution in [2.24, 2.45) is 5.73 Å². The lowest BCUT2D eigenvalue weighted by Crippen LogP contribution is -2.29. The van der Waals surface area contributed by atoms with Crippen LogP contribution in [0.15, 0.2) is 45.3 Å². The monoisotopic (exact) mass is 627 g/mol. The second-order valence-corrected chi connectivity index (χ2v) is 11.5. The van der Waals surface area contributed by atoms with Crippen LogP contribution in [0.1, 0.15) is 70.4 Å². The zero-order valence-electron chi connectivity index (χ0n) is 25.2. The molecule has 6 rings (SSSR count). The summed E-state index contributed by atoms with van der Waals surface area (Å²) in [5.74, 6) is 0.374. The largest absolute Gasteiger partial charge is 0.403 e. The SMILES string of the molecule is CC#N.CCc1cc(=O)oc2nc(NC3CCC3)[nH]c(=O)c12.CCc1cc(=O)oc2nc(S(C)=O)[nH]c(=O)c12.NC1CCC1. The first-order valence-corrected chi connectivity index (χ1v) is 15.9. The second-order valence-electron chi connectivity index (χ2n) is 10.2. The minimum Gasteiger partial charge on any atom is -0.403 e. The van der Waals surface area contributed by atoms with Crippen molar-refractivity contribution < 1.29 is 13.0 Å². The van der Waals surface area contributed by atoms with Crippen LogP contribution in [0.4, 0.5) is 5.95 Å². The van der Waals surface area contributed by atoms with Crippen LogP contribution in [0.2, 0.25) is 0 Å². The average Bonchev–Trinajstić information content (AvgIpc) is 2.93. The predicted molar refractivity (Wildman–Crippen MR) is 167 cm³/mol. The van der Waals surface area contributed by atoms with Crippen molar-refractivity contribution in [3.05, 3.63) is 64.8 Å². The Kier molecular flexibility index (Phi) is 12.3. The van der Waals surface area contributed by atoms with E-state index in [1.165, 1.54) is 51.0 Å². The standard InChI is InChI=1S/C13H15N3O3.C10H10N2O4S.C4H9N.C2H3N/c1-2-7-6-9(17)19-12-10(7)11(18)15-13(16-12)14-8-4-3-5-8;1-3-5-4-6(13)16-9-7(5)8(14)11-10(12-9)17(2)15;5-4-2-1-3-4;1-2-3/h6,8H,2-5H2,1H3,(H2,14,15,16,18);4H,3H2,1-2H3,(H,11,12,14);4H,1-3,5H2;1H3. The first kappa shape index (κ1) is 34.1. The van der Waals surface area contributed by atoms with Crippen molar-refractivity contribution in [1.82, 2.24) is 19.9 Å². The number of aryl methyl sites for hydroxylation is 2. The van der Waals surface area contributed by atoms with E-state index in [-0.39, 0.29) is 27.5 Å². The van der Waals surface area contributed by atoms with Crippen LogP contribution in [0.3, 0.4) is 0 Å². The van der Waals surface area contributed by atoms with E-state index in [1.54, 1.807) is 6.07 Å². The Hall–Kier alpha value is -4.42. The Morgan fingerprint density at radius 2 is 1.39 bits per heavy atom. The summed E-state index contributed by atoms with van der Waals surface area (Å²) in [6, 6.07) is 5.27. The number of aromatic nitrogens is 4. The maximum absolute atomic E-state index is 12.1. The number of rotatable bonds is 5. The van der Waals surface area contributed by atoms with Crippen LogP contribution < -0.4 is 33.4 Å². The number of nitrogens with zero attached hydrogens (tertiary/aromatic N) is 3. The number of nitrogens with one attached hydrogen (secondary N) is 3. The van der Waals surface area contributed by atoms with E-state index in [0.29, 0.717) is 47.4 Å². The van der Waals surface area contributed by atoms with Gasteiger partial charge in [-0.2, -0.15) is 15.2 Å². The molecule has 15 heteroatoms. The van der Waals surface area contributed by atoms with E-state index in [4.69, 9.17) is 19.8 Å². The molecule has 236 valence electrons. The molecular weight excluding hydrogens is 590 g/mol. The minimum atomic E-state index is -1.44. The Morgan fingerprint density at radius 3 is 1.77 bits per heavy atom. The van der Waals surface area contributed by atoms with Gasteiger partial charge in [0.1, 0.15) is 10.8 Å². The van der Waals surface area contributed by atoms with E-state index in [0.717, 1.165) is 12.8 Å². The van der Waals surface area contributed by atoms with Crippen molar-refractivity contribution in [3.63, 3.8) is 0 Å². The van der Waals surface area contributed by atoms with Gasteiger partial charge in [-0.15, -0.1) is 0 Å². The summed E-state index contributed by atoms with van der Waals surface area (Å²) in [7, 11) is -1.44. The number of fused-ring (bicyclic) bond motifs is 2. The van der Waals surface area contributed by atoms with E-state index in [1.807, 2.05) is 13.8 Å². The highest BCUT2D eigenvalue weighted by Gasteiger charge is 2.19. The molecule has 0 aromatic carbocycles. The molecule has 1 unspecified atom stereocenters. The van der Waals surface area contributed by atoms with E-state index in [9.17, 15) is 23.4 Å². The van der Waals surface area contributed by atoms with Crippen molar-refractivity contribution in [1.29, 1.82) is 5.26 Å². The molecule has 2 aliphatic rings. The first-order valence-electron chi connectivity index (χ1n) is 14.3. The van der Waals surface area contributed by atoms with Crippen LogP contribution in [0, 0.1) is 11.3 Å². The lowest BCUT2D eigenvalue weighted by Gasteiger charge is -2.26. The molecule has 5 N–H and O–H groups in total. The van der Waals surface area contributed by atoms with Crippen LogP contribution in [0.5, 0.6) is 0 Å². The third-order valence-electron chi connectivity index (χ3n) is 7.00. The van der Waals surface area contributed by atoms with Gasteiger partial charge >= 0.3 is 11.3 Å². The second kappa shape index (κ2) is 15.9. The molecule has 4 heterocycles. The highest BCUT2D eigenvalue weighted by molar-refractivity contribution is 7.84. The van der Waals surface area contributed by atoms with E-state index >= 15 is 0 Å². The molecule has 4 aromatic rings. The van der Waals surface area contributed by atoms with Crippen LogP contribution >= 0.6 is 0 Å². The van der Waals surface area contributed by atoms with Gasteiger partial charge < -0.3 is 19.9 Å². The minimum absolute atomic E-state index is 0.00102. The molecule has 14 nitrogen and oxygen atoms in total. The number of hydrogen-bond acceptors (Lipinski definition) is 12. The van der Waals surface area contributed by atoms with E-state index in [2.05, 4.69) is 25.3 Å². The molecule has 44 heavy (non-hydrogen) atoms. The topological polar surface area (TPSA) is 231 Å². The Labute approximate surface area is 254 Å². The fraction of sp³-hybridized carbons (Fsp3) is 0.483. The summed E-state index contributed by atoms with van der Waals surface area (Å²) < 4.78 is 21.1. The lowest BCUT2D eigenvalue weighted by molar-refractivity contribution is 0.418. The smallest absolute Gasteiger partial charge is 0.337 e.